The second kappa shape index (κ2) is 8.24. The second-order valence-corrected chi connectivity index (χ2v) is 5.98. The zero-order valence-electron chi connectivity index (χ0n) is 14.3. The van der Waals surface area contributed by atoms with E-state index in [4.69, 9.17) is 0 Å². The highest BCUT2D eigenvalue weighted by Gasteiger charge is 2.31. The molecule has 2 rings (SSSR count). The van der Waals surface area contributed by atoms with Crippen molar-refractivity contribution in [2.45, 2.75) is 32.9 Å². The molecule has 0 heterocycles. The first-order chi connectivity index (χ1) is 11.9. The van der Waals surface area contributed by atoms with E-state index in [0.717, 1.165) is 11.1 Å². The van der Waals surface area contributed by atoms with Crippen LogP contribution in [-0.2, 0) is 16.1 Å². The van der Waals surface area contributed by atoms with Crippen LogP contribution in [0.25, 0.3) is 0 Å². The Labute approximate surface area is 146 Å². The SMILES string of the molecule is CC(=O)N(Cc1ccccc1)[C@@H](CC(=O)O)C(=O)c1ccc(C)cc1. The smallest absolute Gasteiger partial charge is 0.305 e. The molecule has 0 fully saturated rings. The summed E-state index contributed by atoms with van der Waals surface area (Å²) >= 11 is 0. The average Bonchev–Trinajstić information content (AvgIpc) is 2.58. The van der Waals surface area contributed by atoms with Crippen LogP contribution in [0.5, 0.6) is 0 Å². The highest BCUT2D eigenvalue weighted by Crippen LogP contribution is 2.17. The van der Waals surface area contributed by atoms with Crippen molar-refractivity contribution < 1.29 is 19.5 Å². The Balaban J connectivity index is 2.34. The monoisotopic (exact) mass is 339 g/mol. The van der Waals surface area contributed by atoms with Crippen LogP contribution >= 0.6 is 0 Å². The maximum absolute atomic E-state index is 12.9. The number of benzene rings is 2. The molecule has 1 amide bonds. The lowest BCUT2D eigenvalue weighted by atomic mass is 9.98. The molecule has 130 valence electrons. The van der Waals surface area contributed by atoms with Crippen LogP contribution in [0.3, 0.4) is 0 Å². The highest BCUT2D eigenvalue weighted by molar-refractivity contribution is 6.03. The number of hydrogen-bond donors (Lipinski definition) is 1. The predicted octanol–water partition coefficient (Wildman–Crippen LogP) is 3.07. The van der Waals surface area contributed by atoms with Crippen molar-refractivity contribution in [3.05, 3.63) is 71.3 Å². The van der Waals surface area contributed by atoms with Gasteiger partial charge in [0.2, 0.25) is 5.91 Å². The molecule has 5 nitrogen and oxygen atoms in total. The zero-order chi connectivity index (χ0) is 18.4. The normalized spacial score (nSPS) is 11.6. The van der Waals surface area contributed by atoms with Gasteiger partial charge >= 0.3 is 5.97 Å². The lowest BCUT2D eigenvalue weighted by Gasteiger charge is -2.29. The maximum atomic E-state index is 12.9. The van der Waals surface area contributed by atoms with Crippen molar-refractivity contribution in [1.29, 1.82) is 0 Å². The summed E-state index contributed by atoms with van der Waals surface area (Å²) in [4.78, 5) is 37.6. The Bertz CT molecular complexity index is 753. The predicted molar refractivity (Wildman–Crippen MR) is 94.2 cm³/mol. The molecule has 0 radical (unpaired) electrons. The van der Waals surface area contributed by atoms with Gasteiger partial charge in [-0.25, -0.2) is 0 Å². The minimum absolute atomic E-state index is 0.186. The van der Waals surface area contributed by atoms with Crippen molar-refractivity contribution in [1.82, 2.24) is 4.90 Å². The third-order valence-corrected chi connectivity index (χ3v) is 3.98. The minimum atomic E-state index is -1.12. The van der Waals surface area contributed by atoms with E-state index < -0.39 is 18.4 Å². The number of carboxylic acids is 1. The van der Waals surface area contributed by atoms with Crippen LogP contribution in [0.4, 0.5) is 0 Å². The number of carbonyl (C=O) groups is 3. The van der Waals surface area contributed by atoms with E-state index in [9.17, 15) is 19.5 Å². The Morgan fingerprint density at radius 3 is 2.12 bits per heavy atom. The lowest BCUT2D eigenvalue weighted by molar-refractivity contribution is -0.139. The van der Waals surface area contributed by atoms with Crippen LogP contribution in [0.15, 0.2) is 54.6 Å². The van der Waals surface area contributed by atoms with E-state index in [2.05, 4.69) is 0 Å². The van der Waals surface area contributed by atoms with Crippen LogP contribution < -0.4 is 0 Å². The summed E-state index contributed by atoms with van der Waals surface area (Å²) in [5, 5.41) is 9.23. The molecule has 0 saturated heterocycles. The third kappa shape index (κ3) is 5.01. The first kappa shape index (κ1) is 18.4. The Hall–Kier alpha value is -2.95. The summed E-state index contributed by atoms with van der Waals surface area (Å²) < 4.78 is 0. The van der Waals surface area contributed by atoms with Crippen molar-refractivity contribution in [2.24, 2.45) is 0 Å². The highest BCUT2D eigenvalue weighted by atomic mass is 16.4. The van der Waals surface area contributed by atoms with Crippen LogP contribution in [0, 0.1) is 6.92 Å². The molecule has 2 aromatic carbocycles. The molecule has 5 heteroatoms. The van der Waals surface area contributed by atoms with Crippen LogP contribution in [0.2, 0.25) is 0 Å². The Kier molecular flexibility index (Phi) is 6.06. The van der Waals surface area contributed by atoms with Crippen molar-refractivity contribution in [2.75, 3.05) is 0 Å². The number of Topliss-reactive ketones (excluding diaryl/α,β-unsaturated/α-hetero) is 1. The fourth-order valence-corrected chi connectivity index (χ4v) is 2.64. The molecular formula is C20H21NO4. The van der Waals surface area contributed by atoms with E-state index in [1.165, 1.54) is 11.8 Å². The van der Waals surface area contributed by atoms with Gasteiger partial charge in [0.1, 0.15) is 6.04 Å². The van der Waals surface area contributed by atoms with E-state index >= 15 is 0 Å². The molecule has 0 spiro atoms. The number of aliphatic carboxylic acids is 1. The van der Waals surface area contributed by atoms with Crippen molar-refractivity contribution in [3.63, 3.8) is 0 Å². The molecule has 25 heavy (non-hydrogen) atoms. The van der Waals surface area contributed by atoms with E-state index in [1.54, 1.807) is 24.3 Å². The van der Waals surface area contributed by atoms with E-state index in [-0.39, 0.29) is 18.2 Å². The average molecular weight is 339 g/mol. The molecule has 1 N–H and O–H groups in total. The summed E-state index contributed by atoms with van der Waals surface area (Å²) in [5.41, 5.74) is 2.24. The molecule has 0 aliphatic rings. The minimum Gasteiger partial charge on any atom is -0.481 e. The van der Waals surface area contributed by atoms with Crippen LogP contribution in [0.1, 0.15) is 34.8 Å². The first-order valence-corrected chi connectivity index (χ1v) is 8.02. The van der Waals surface area contributed by atoms with Gasteiger partial charge in [-0.05, 0) is 12.5 Å². The van der Waals surface area contributed by atoms with E-state index in [0.29, 0.717) is 5.56 Å². The fraction of sp³-hybridized carbons (Fsp3) is 0.250. The van der Waals surface area contributed by atoms with Gasteiger partial charge in [-0.1, -0.05) is 60.2 Å². The van der Waals surface area contributed by atoms with Crippen LogP contribution in [-0.4, -0.2) is 33.7 Å². The lowest BCUT2D eigenvalue weighted by Crippen LogP contribution is -2.45. The number of carbonyl (C=O) groups excluding carboxylic acids is 2. The van der Waals surface area contributed by atoms with Gasteiger partial charge in [-0.3, -0.25) is 14.4 Å². The molecular weight excluding hydrogens is 318 g/mol. The van der Waals surface area contributed by atoms with Gasteiger partial charge in [-0.2, -0.15) is 0 Å². The topological polar surface area (TPSA) is 74.7 Å². The second-order valence-electron chi connectivity index (χ2n) is 5.98. The maximum Gasteiger partial charge on any atom is 0.305 e. The summed E-state index contributed by atoms with van der Waals surface area (Å²) in [7, 11) is 0. The number of nitrogens with zero attached hydrogens (tertiary/aromatic N) is 1. The molecule has 1 atom stereocenters. The number of amides is 1. The van der Waals surface area contributed by atoms with Gasteiger partial charge in [0, 0.05) is 19.0 Å². The van der Waals surface area contributed by atoms with Gasteiger partial charge in [0.25, 0.3) is 0 Å². The molecule has 2 aromatic rings. The summed E-state index contributed by atoms with van der Waals surface area (Å²) in [5.74, 6) is -1.83. The molecule has 0 saturated carbocycles. The number of hydrogen-bond acceptors (Lipinski definition) is 3. The third-order valence-electron chi connectivity index (χ3n) is 3.98. The molecule has 0 aromatic heterocycles. The first-order valence-electron chi connectivity index (χ1n) is 8.02. The molecule has 0 aliphatic heterocycles. The standard InChI is InChI=1S/C20H21NO4/c1-14-8-10-17(11-9-14)20(25)18(12-19(23)24)21(15(2)22)13-16-6-4-3-5-7-16/h3-11,18H,12-13H2,1-2H3,(H,23,24)/t18-/m0/s1. The Morgan fingerprint density at radius 2 is 1.60 bits per heavy atom. The van der Waals surface area contributed by atoms with E-state index in [1.807, 2.05) is 37.3 Å². The Morgan fingerprint density at radius 1 is 1.00 bits per heavy atom. The molecule has 0 unspecified atom stereocenters. The number of ketones is 1. The van der Waals surface area contributed by atoms with Gasteiger partial charge in [0.15, 0.2) is 5.78 Å². The number of carboxylic acid groups (broad SMARTS) is 1. The van der Waals surface area contributed by atoms with Crippen molar-refractivity contribution in [3.8, 4) is 0 Å². The van der Waals surface area contributed by atoms with Gasteiger partial charge < -0.3 is 10.0 Å². The number of aryl methyl sites for hydroxylation is 1. The fourth-order valence-electron chi connectivity index (χ4n) is 2.64. The zero-order valence-corrected chi connectivity index (χ0v) is 14.3. The quantitative estimate of drug-likeness (QED) is 0.787. The molecule has 0 bridgehead atoms. The summed E-state index contributed by atoms with van der Waals surface area (Å²) in [6, 6.07) is 15.1. The largest absolute Gasteiger partial charge is 0.481 e. The number of rotatable bonds is 7. The van der Waals surface area contributed by atoms with Gasteiger partial charge in [0.05, 0.1) is 6.42 Å². The summed E-state index contributed by atoms with van der Waals surface area (Å²) in [6.45, 7) is 3.44. The molecule has 0 aliphatic carbocycles. The van der Waals surface area contributed by atoms with Crippen molar-refractivity contribution >= 4 is 17.7 Å². The summed E-state index contributed by atoms with van der Waals surface area (Å²) in [6.07, 6.45) is -0.431. The van der Waals surface area contributed by atoms with Gasteiger partial charge in [-0.15, -0.1) is 0 Å².